The van der Waals surface area contributed by atoms with E-state index in [1.807, 2.05) is 0 Å². The van der Waals surface area contributed by atoms with Gasteiger partial charge in [-0.25, -0.2) is 0 Å². The Bertz CT molecular complexity index is 348. The van der Waals surface area contributed by atoms with E-state index in [-0.39, 0.29) is 11.5 Å². The first kappa shape index (κ1) is 10.6. The summed E-state index contributed by atoms with van der Waals surface area (Å²) in [6.45, 7) is 7.45. The van der Waals surface area contributed by atoms with Gasteiger partial charge in [-0.3, -0.25) is 0 Å². The zero-order valence-electron chi connectivity index (χ0n) is 9.82. The number of hydrogen-bond acceptors (Lipinski definition) is 3. The van der Waals surface area contributed by atoms with E-state index in [0.717, 1.165) is 24.6 Å². The first-order chi connectivity index (χ1) is 7.00. The van der Waals surface area contributed by atoms with Gasteiger partial charge in [0.15, 0.2) is 5.82 Å². The molecule has 1 unspecified atom stereocenters. The van der Waals surface area contributed by atoms with Crippen molar-refractivity contribution in [2.45, 2.75) is 52.6 Å². The van der Waals surface area contributed by atoms with Crippen molar-refractivity contribution in [3.63, 3.8) is 0 Å². The molecular weight excluding hydrogens is 188 g/mol. The molecule has 0 amide bonds. The Morgan fingerprint density at radius 2 is 2.00 bits per heavy atom. The third-order valence-electron chi connectivity index (χ3n) is 3.10. The fourth-order valence-electron chi connectivity index (χ4n) is 1.95. The molecule has 15 heavy (non-hydrogen) atoms. The highest BCUT2D eigenvalue weighted by atomic mass is 15.3. The zero-order valence-corrected chi connectivity index (χ0v) is 9.82. The van der Waals surface area contributed by atoms with E-state index < -0.39 is 0 Å². The summed E-state index contributed by atoms with van der Waals surface area (Å²) in [5.74, 6) is 2.06. The average molecular weight is 208 g/mol. The summed E-state index contributed by atoms with van der Waals surface area (Å²) in [6.07, 6.45) is 3.49. The molecule has 0 spiro atoms. The molecule has 2 heterocycles. The Hall–Kier alpha value is -0.900. The lowest BCUT2D eigenvalue weighted by molar-refractivity contribution is 0.303. The molecule has 2 rings (SSSR count). The van der Waals surface area contributed by atoms with Crippen LogP contribution in [0.5, 0.6) is 0 Å². The van der Waals surface area contributed by atoms with Gasteiger partial charge < -0.3 is 10.3 Å². The summed E-state index contributed by atoms with van der Waals surface area (Å²) in [6, 6.07) is -0.0307. The van der Waals surface area contributed by atoms with Crippen LogP contribution in [0.15, 0.2) is 0 Å². The lowest BCUT2D eigenvalue weighted by Crippen LogP contribution is -2.30. The van der Waals surface area contributed by atoms with Crippen molar-refractivity contribution in [3.05, 3.63) is 11.6 Å². The van der Waals surface area contributed by atoms with Crippen LogP contribution in [0.2, 0.25) is 0 Å². The van der Waals surface area contributed by atoms with E-state index in [2.05, 4.69) is 35.5 Å². The van der Waals surface area contributed by atoms with Crippen molar-refractivity contribution in [2.24, 2.45) is 11.1 Å². The summed E-state index contributed by atoms with van der Waals surface area (Å²) < 4.78 is 2.21. The second-order valence-electron chi connectivity index (χ2n) is 5.43. The van der Waals surface area contributed by atoms with Gasteiger partial charge in [0.05, 0.1) is 6.04 Å². The fourth-order valence-corrected chi connectivity index (χ4v) is 1.95. The lowest BCUT2D eigenvalue weighted by Gasteiger charge is -2.27. The molecule has 4 heteroatoms. The van der Waals surface area contributed by atoms with Gasteiger partial charge >= 0.3 is 0 Å². The standard InChI is InChI=1S/C11H20N4/c1-11(2,3)9(12)10-14-13-8-6-4-5-7-15(8)10/h9H,4-7,12H2,1-3H3. The Labute approximate surface area is 90.9 Å². The maximum absolute atomic E-state index is 6.22. The topological polar surface area (TPSA) is 56.7 Å². The highest BCUT2D eigenvalue weighted by molar-refractivity contribution is 5.05. The average Bonchev–Trinajstić information content (AvgIpc) is 2.58. The Morgan fingerprint density at radius 1 is 1.27 bits per heavy atom. The fraction of sp³-hybridized carbons (Fsp3) is 0.818. The van der Waals surface area contributed by atoms with Crippen LogP contribution in [0.25, 0.3) is 0 Å². The first-order valence-corrected chi connectivity index (χ1v) is 5.67. The number of hydrogen-bond donors (Lipinski definition) is 1. The number of aryl methyl sites for hydroxylation is 1. The number of aromatic nitrogens is 3. The van der Waals surface area contributed by atoms with Crippen LogP contribution in [0.1, 0.15) is 51.3 Å². The van der Waals surface area contributed by atoms with E-state index in [0.29, 0.717) is 0 Å². The normalized spacial score (nSPS) is 18.7. The Morgan fingerprint density at radius 3 is 2.67 bits per heavy atom. The van der Waals surface area contributed by atoms with Crippen LogP contribution in [0.4, 0.5) is 0 Å². The van der Waals surface area contributed by atoms with E-state index in [1.165, 1.54) is 12.8 Å². The maximum Gasteiger partial charge on any atom is 0.150 e. The largest absolute Gasteiger partial charge is 0.321 e. The van der Waals surface area contributed by atoms with Crippen LogP contribution >= 0.6 is 0 Å². The molecular formula is C11H20N4. The molecule has 1 aromatic heterocycles. The van der Waals surface area contributed by atoms with Gasteiger partial charge in [-0.05, 0) is 18.3 Å². The van der Waals surface area contributed by atoms with Crippen LogP contribution in [-0.2, 0) is 13.0 Å². The molecule has 0 saturated heterocycles. The van der Waals surface area contributed by atoms with E-state index in [1.54, 1.807) is 0 Å². The molecule has 0 saturated carbocycles. The highest BCUT2D eigenvalue weighted by Crippen LogP contribution is 2.30. The smallest absolute Gasteiger partial charge is 0.150 e. The quantitative estimate of drug-likeness (QED) is 0.763. The summed E-state index contributed by atoms with van der Waals surface area (Å²) in [5, 5.41) is 8.48. The summed E-state index contributed by atoms with van der Waals surface area (Å²) in [5.41, 5.74) is 6.26. The van der Waals surface area contributed by atoms with E-state index in [4.69, 9.17) is 5.73 Å². The van der Waals surface area contributed by atoms with Gasteiger partial charge in [-0.2, -0.15) is 0 Å². The number of nitrogens with zero attached hydrogens (tertiary/aromatic N) is 3. The SMILES string of the molecule is CC(C)(C)C(N)c1nnc2n1CCCC2. The second-order valence-corrected chi connectivity index (χ2v) is 5.43. The monoisotopic (exact) mass is 208 g/mol. The van der Waals surface area contributed by atoms with Crippen LogP contribution in [-0.4, -0.2) is 14.8 Å². The van der Waals surface area contributed by atoms with E-state index >= 15 is 0 Å². The third kappa shape index (κ3) is 1.91. The predicted octanol–water partition coefficient (Wildman–Crippen LogP) is 1.66. The predicted molar refractivity (Wildman–Crippen MR) is 59.3 cm³/mol. The van der Waals surface area contributed by atoms with Crippen LogP contribution < -0.4 is 5.73 Å². The molecule has 0 radical (unpaired) electrons. The minimum atomic E-state index is -0.0307. The van der Waals surface area contributed by atoms with Crippen LogP contribution in [0.3, 0.4) is 0 Å². The van der Waals surface area contributed by atoms with Crippen molar-refractivity contribution in [1.82, 2.24) is 14.8 Å². The second kappa shape index (κ2) is 3.59. The Kier molecular flexibility index (Phi) is 2.54. The molecule has 1 atom stereocenters. The Balaban J connectivity index is 2.33. The van der Waals surface area contributed by atoms with Crippen molar-refractivity contribution in [2.75, 3.05) is 0 Å². The molecule has 1 aliphatic heterocycles. The number of fused-ring (bicyclic) bond motifs is 1. The molecule has 0 aromatic carbocycles. The van der Waals surface area contributed by atoms with E-state index in [9.17, 15) is 0 Å². The zero-order chi connectivity index (χ0) is 11.1. The van der Waals surface area contributed by atoms with Crippen molar-refractivity contribution in [1.29, 1.82) is 0 Å². The van der Waals surface area contributed by atoms with Crippen molar-refractivity contribution in [3.8, 4) is 0 Å². The minimum Gasteiger partial charge on any atom is -0.321 e. The maximum atomic E-state index is 6.22. The summed E-state index contributed by atoms with van der Waals surface area (Å²) in [7, 11) is 0. The van der Waals surface area contributed by atoms with Crippen molar-refractivity contribution < 1.29 is 0 Å². The molecule has 0 fully saturated rings. The molecule has 4 nitrogen and oxygen atoms in total. The van der Waals surface area contributed by atoms with Gasteiger partial charge in [-0.15, -0.1) is 10.2 Å². The van der Waals surface area contributed by atoms with Gasteiger partial charge in [-0.1, -0.05) is 20.8 Å². The summed E-state index contributed by atoms with van der Waals surface area (Å²) >= 11 is 0. The van der Waals surface area contributed by atoms with Gasteiger partial charge in [0.1, 0.15) is 5.82 Å². The van der Waals surface area contributed by atoms with Crippen LogP contribution in [0, 0.1) is 5.41 Å². The molecule has 1 aromatic rings. The van der Waals surface area contributed by atoms with Gasteiger partial charge in [0.2, 0.25) is 0 Å². The highest BCUT2D eigenvalue weighted by Gasteiger charge is 2.28. The first-order valence-electron chi connectivity index (χ1n) is 5.67. The van der Waals surface area contributed by atoms with Gasteiger partial charge in [0, 0.05) is 13.0 Å². The minimum absolute atomic E-state index is 0.0307. The molecule has 2 N–H and O–H groups in total. The van der Waals surface area contributed by atoms with Crippen molar-refractivity contribution >= 4 is 0 Å². The van der Waals surface area contributed by atoms with Gasteiger partial charge in [0.25, 0.3) is 0 Å². The summed E-state index contributed by atoms with van der Waals surface area (Å²) in [4.78, 5) is 0. The lowest BCUT2D eigenvalue weighted by atomic mass is 9.87. The molecule has 84 valence electrons. The molecule has 1 aliphatic rings. The number of rotatable bonds is 1. The number of nitrogens with two attached hydrogens (primary N) is 1. The molecule has 0 bridgehead atoms. The molecule has 0 aliphatic carbocycles. The third-order valence-corrected chi connectivity index (χ3v) is 3.10.